The number of nitrogens with zero attached hydrogens (tertiary/aromatic N) is 2. The zero-order valence-electron chi connectivity index (χ0n) is 17.2. The first-order chi connectivity index (χ1) is 14.1. The van der Waals surface area contributed by atoms with E-state index in [4.69, 9.17) is 9.47 Å². The molecule has 1 amide bonds. The SMILES string of the molecule is CCOc1cc(NC(=NC)NCCC(=O)N2CCc3sccc3C2)ccc1OC. The summed E-state index contributed by atoms with van der Waals surface area (Å²) in [5, 5.41) is 8.53. The molecule has 1 aromatic heterocycles. The summed E-state index contributed by atoms with van der Waals surface area (Å²) in [7, 11) is 3.32. The average Bonchev–Trinajstić information content (AvgIpc) is 3.21. The van der Waals surface area contributed by atoms with Crippen LogP contribution in [0.5, 0.6) is 11.5 Å². The standard InChI is InChI=1S/C21H28N4O3S/c1-4-28-18-13-16(5-6-17(18)27-3)24-21(22-2)23-10-7-20(26)25-11-8-19-15(14-25)9-12-29-19/h5-6,9,12-13H,4,7-8,10-11,14H2,1-3H3,(H2,22,23,24). The highest BCUT2D eigenvalue weighted by atomic mass is 32.1. The van der Waals surface area contributed by atoms with Crippen LogP contribution in [0.1, 0.15) is 23.8 Å². The highest BCUT2D eigenvalue weighted by molar-refractivity contribution is 7.10. The molecule has 7 nitrogen and oxygen atoms in total. The number of guanidine groups is 1. The fraction of sp³-hybridized carbons (Fsp3) is 0.429. The predicted molar refractivity (Wildman–Crippen MR) is 117 cm³/mol. The fourth-order valence-corrected chi connectivity index (χ4v) is 4.14. The van der Waals surface area contributed by atoms with Gasteiger partial charge in [-0.3, -0.25) is 9.79 Å². The number of fused-ring (bicyclic) bond motifs is 1. The van der Waals surface area contributed by atoms with E-state index in [1.54, 1.807) is 25.5 Å². The molecule has 0 saturated carbocycles. The lowest BCUT2D eigenvalue weighted by molar-refractivity contribution is -0.131. The molecule has 0 fully saturated rings. The lowest BCUT2D eigenvalue weighted by Gasteiger charge is -2.27. The van der Waals surface area contributed by atoms with Crippen molar-refractivity contribution in [2.75, 3.05) is 39.2 Å². The number of aliphatic imine (C=N–C) groups is 1. The van der Waals surface area contributed by atoms with Gasteiger partial charge < -0.3 is 25.0 Å². The van der Waals surface area contributed by atoms with Gasteiger partial charge >= 0.3 is 0 Å². The average molecular weight is 417 g/mol. The monoisotopic (exact) mass is 416 g/mol. The number of thiophene rings is 1. The van der Waals surface area contributed by atoms with Crippen LogP contribution in [-0.2, 0) is 17.8 Å². The molecule has 8 heteroatoms. The number of hydrogen-bond donors (Lipinski definition) is 2. The van der Waals surface area contributed by atoms with Crippen LogP contribution in [0.4, 0.5) is 5.69 Å². The zero-order valence-corrected chi connectivity index (χ0v) is 18.0. The van der Waals surface area contributed by atoms with Crippen LogP contribution in [0.25, 0.3) is 0 Å². The van der Waals surface area contributed by atoms with Crippen LogP contribution in [-0.4, -0.2) is 50.6 Å². The van der Waals surface area contributed by atoms with E-state index in [9.17, 15) is 4.79 Å². The zero-order chi connectivity index (χ0) is 20.6. The minimum atomic E-state index is 0.160. The Hall–Kier alpha value is -2.74. The van der Waals surface area contributed by atoms with Crippen molar-refractivity contribution in [3.8, 4) is 11.5 Å². The lowest BCUT2D eigenvalue weighted by Crippen LogP contribution is -2.38. The molecule has 0 radical (unpaired) electrons. The van der Waals surface area contributed by atoms with Gasteiger partial charge in [0.05, 0.1) is 13.7 Å². The molecule has 1 aliphatic rings. The largest absolute Gasteiger partial charge is 0.493 e. The molecule has 2 aromatic rings. The van der Waals surface area contributed by atoms with Crippen molar-refractivity contribution in [1.82, 2.24) is 10.2 Å². The number of anilines is 1. The number of nitrogens with one attached hydrogen (secondary N) is 2. The van der Waals surface area contributed by atoms with E-state index in [1.165, 1.54) is 10.4 Å². The van der Waals surface area contributed by atoms with Gasteiger partial charge in [-0.2, -0.15) is 0 Å². The lowest BCUT2D eigenvalue weighted by atomic mass is 10.1. The maximum absolute atomic E-state index is 12.5. The van der Waals surface area contributed by atoms with Gasteiger partial charge in [-0.15, -0.1) is 11.3 Å². The van der Waals surface area contributed by atoms with Crippen molar-refractivity contribution >= 4 is 28.9 Å². The molecule has 0 saturated heterocycles. The Bertz CT molecular complexity index is 865. The summed E-state index contributed by atoms with van der Waals surface area (Å²) in [6, 6.07) is 7.73. The molecule has 29 heavy (non-hydrogen) atoms. The van der Waals surface area contributed by atoms with E-state index >= 15 is 0 Å². The molecule has 1 aromatic carbocycles. The second-order valence-electron chi connectivity index (χ2n) is 6.61. The first-order valence-electron chi connectivity index (χ1n) is 9.76. The van der Waals surface area contributed by atoms with Gasteiger partial charge in [-0.25, -0.2) is 0 Å². The van der Waals surface area contributed by atoms with E-state index in [0.29, 0.717) is 37.0 Å². The number of rotatable bonds is 7. The van der Waals surface area contributed by atoms with Crippen molar-refractivity contribution in [3.63, 3.8) is 0 Å². The Morgan fingerprint density at radius 2 is 2.17 bits per heavy atom. The van der Waals surface area contributed by atoms with Crippen LogP contribution in [0.2, 0.25) is 0 Å². The highest BCUT2D eigenvalue weighted by Gasteiger charge is 2.21. The van der Waals surface area contributed by atoms with E-state index < -0.39 is 0 Å². The third-order valence-corrected chi connectivity index (χ3v) is 5.76. The predicted octanol–water partition coefficient (Wildman–Crippen LogP) is 3.12. The highest BCUT2D eigenvalue weighted by Crippen LogP contribution is 2.30. The van der Waals surface area contributed by atoms with Crippen molar-refractivity contribution in [2.45, 2.75) is 26.3 Å². The smallest absolute Gasteiger partial charge is 0.224 e. The summed E-state index contributed by atoms with van der Waals surface area (Å²) < 4.78 is 10.9. The summed E-state index contributed by atoms with van der Waals surface area (Å²) in [5.41, 5.74) is 2.11. The number of carbonyl (C=O) groups excluding carboxylic acids is 1. The normalized spacial score (nSPS) is 13.6. The van der Waals surface area contributed by atoms with E-state index in [2.05, 4.69) is 27.1 Å². The third-order valence-electron chi connectivity index (χ3n) is 4.74. The van der Waals surface area contributed by atoms with Crippen LogP contribution in [0.3, 0.4) is 0 Å². The number of methoxy groups -OCH3 is 1. The van der Waals surface area contributed by atoms with Gasteiger partial charge in [-0.1, -0.05) is 0 Å². The minimum absolute atomic E-state index is 0.160. The third kappa shape index (κ3) is 5.41. The molecule has 0 unspecified atom stereocenters. The van der Waals surface area contributed by atoms with Crippen LogP contribution in [0, 0.1) is 0 Å². The van der Waals surface area contributed by atoms with Crippen LogP contribution >= 0.6 is 11.3 Å². The molecule has 156 valence electrons. The Kier molecular flexibility index (Phi) is 7.35. The molecule has 0 spiro atoms. The van der Waals surface area contributed by atoms with Gasteiger partial charge in [0.1, 0.15) is 0 Å². The van der Waals surface area contributed by atoms with Gasteiger partial charge in [0.2, 0.25) is 5.91 Å². The molecule has 0 aliphatic carbocycles. The Balaban J connectivity index is 1.49. The van der Waals surface area contributed by atoms with Gasteiger partial charge in [0.25, 0.3) is 0 Å². The number of benzene rings is 1. The molecular formula is C21H28N4O3S. The van der Waals surface area contributed by atoms with Crippen molar-refractivity contribution in [2.24, 2.45) is 4.99 Å². The van der Waals surface area contributed by atoms with Crippen molar-refractivity contribution < 1.29 is 14.3 Å². The van der Waals surface area contributed by atoms with Gasteiger partial charge in [-0.05, 0) is 42.5 Å². The molecule has 2 N–H and O–H groups in total. The van der Waals surface area contributed by atoms with Crippen LogP contribution in [0.15, 0.2) is 34.6 Å². The maximum atomic E-state index is 12.5. The molecule has 0 atom stereocenters. The first-order valence-corrected chi connectivity index (χ1v) is 10.6. The summed E-state index contributed by atoms with van der Waals surface area (Å²) in [5.74, 6) is 2.11. The van der Waals surface area contributed by atoms with Crippen molar-refractivity contribution in [1.29, 1.82) is 0 Å². The van der Waals surface area contributed by atoms with Crippen LogP contribution < -0.4 is 20.1 Å². The molecule has 0 bridgehead atoms. The number of carbonyl (C=O) groups is 1. The van der Waals surface area contributed by atoms with E-state index in [0.717, 1.165) is 25.2 Å². The number of ether oxygens (including phenoxy) is 2. The Morgan fingerprint density at radius 3 is 2.93 bits per heavy atom. The maximum Gasteiger partial charge on any atom is 0.224 e. The molecular weight excluding hydrogens is 388 g/mol. The summed E-state index contributed by atoms with van der Waals surface area (Å²) in [4.78, 5) is 20.1. The molecule has 2 heterocycles. The minimum Gasteiger partial charge on any atom is -0.493 e. The molecule has 1 aliphatic heterocycles. The summed E-state index contributed by atoms with van der Waals surface area (Å²) in [6.45, 7) is 4.51. The topological polar surface area (TPSA) is 75.2 Å². The second-order valence-corrected chi connectivity index (χ2v) is 7.61. The number of hydrogen-bond acceptors (Lipinski definition) is 5. The molecule has 3 rings (SSSR count). The fourth-order valence-electron chi connectivity index (χ4n) is 3.25. The number of amides is 1. The van der Waals surface area contributed by atoms with Gasteiger partial charge in [0, 0.05) is 49.7 Å². The second kappa shape index (κ2) is 10.2. The summed E-state index contributed by atoms with van der Waals surface area (Å²) in [6.07, 6.45) is 1.38. The van der Waals surface area contributed by atoms with Crippen molar-refractivity contribution in [3.05, 3.63) is 40.1 Å². The quantitative estimate of drug-likeness (QED) is 0.536. The Labute approximate surface area is 175 Å². The first kappa shape index (κ1) is 21.0. The summed E-state index contributed by atoms with van der Waals surface area (Å²) >= 11 is 1.78. The van der Waals surface area contributed by atoms with E-state index in [-0.39, 0.29) is 5.91 Å². The van der Waals surface area contributed by atoms with Gasteiger partial charge in [0.15, 0.2) is 17.5 Å². The van der Waals surface area contributed by atoms with E-state index in [1.807, 2.05) is 30.0 Å². The Morgan fingerprint density at radius 1 is 1.31 bits per heavy atom.